The number of hydrogen-bond acceptors (Lipinski definition) is 5. The summed E-state index contributed by atoms with van der Waals surface area (Å²) in [5.41, 5.74) is 4.92. The Balaban J connectivity index is 1.36. The summed E-state index contributed by atoms with van der Waals surface area (Å²) in [6.45, 7) is 3.14. The van der Waals surface area contributed by atoms with Crippen LogP contribution in [0, 0.1) is 5.92 Å². The summed E-state index contributed by atoms with van der Waals surface area (Å²) in [6.07, 6.45) is 3.90. The minimum atomic E-state index is -0.0112. The van der Waals surface area contributed by atoms with E-state index >= 15 is 0 Å². The quantitative estimate of drug-likeness (QED) is 0.733. The number of amides is 2. The molecule has 0 bridgehead atoms. The largest absolute Gasteiger partial charge is 0.366 e. The summed E-state index contributed by atoms with van der Waals surface area (Å²) in [5.74, 6) is 1.43. The van der Waals surface area contributed by atoms with Gasteiger partial charge in [0.1, 0.15) is 11.6 Å². The summed E-state index contributed by atoms with van der Waals surface area (Å²) in [5, 5.41) is 9.17. The first-order valence-electron chi connectivity index (χ1n) is 10.4. The number of aromatic nitrogens is 1. The summed E-state index contributed by atoms with van der Waals surface area (Å²) in [6, 6.07) is 9.82. The molecule has 30 heavy (non-hydrogen) atoms. The molecule has 3 aliphatic heterocycles. The van der Waals surface area contributed by atoms with Gasteiger partial charge >= 0.3 is 0 Å². The summed E-state index contributed by atoms with van der Waals surface area (Å²) in [7, 11) is 2.09. The van der Waals surface area contributed by atoms with E-state index in [1.807, 2.05) is 24.3 Å². The molecule has 1 aromatic heterocycles. The van der Waals surface area contributed by atoms with E-state index in [1.165, 1.54) is 0 Å². The van der Waals surface area contributed by atoms with Gasteiger partial charge < -0.3 is 20.9 Å². The average molecular weight is 403 g/mol. The van der Waals surface area contributed by atoms with Gasteiger partial charge in [0.25, 0.3) is 5.91 Å². The minimum absolute atomic E-state index is 0.0112. The third-order valence-corrected chi connectivity index (χ3v) is 6.20. The van der Waals surface area contributed by atoms with Crippen molar-refractivity contribution in [1.29, 1.82) is 0 Å². The van der Waals surface area contributed by atoms with Gasteiger partial charge in [-0.25, -0.2) is 4.98 Å². The van der Waals surface area contributed by atoms with E-state index in [9.17, 15) is 9.59 Å². The van der Waals surface area contributed by atoms with Crippen molar-refractivity contribution in [2.24, 2.45) is 5.92 Å². The first-order valence-corrected chi connectivity index (χ1v) is 10.4. The average Bonchev–Trinajstić information content (AvgIpc) is 3.13. The van der Waals surface area contributed by atoms with Crippen LogP contribution in [0.4, 0.5) is 11.6 Å². The second-order valence-corrected chi connectivity index (χ2v) is 8.21. The van der Waals surface area contributed by atoms with Crippen LogP contribution in [0.3, 0.4) is 0 Å². The number of piperidine rings is 1. The van der Waals surface area contributed by atoms with E-state index in [1.54, 1.807) is 0 Å². The van der Waals surface area contributed by atoms with Gasteiger partial charge in [0, 0.05) is 30.1 Å². The molecule has 0 spiro atoms. The number of pyridine rings is 1. The van der Waals surface area contributed by atoms with E-state index in [0.29, 0.717) is 18.9 Å². The number of carbonyl (C=O) groups excluding carboxylic acids is 2. The lowest BCUT2D eigenvalue weighted by molar-refractivity contribution is -0.121. The van der Waals surface area contributed by atoms with Gasteiger partial charge in [0.15, 0.2) is 0 Å². The zero-order valence-electron chi connectivity index (χ0n) is 17.0. The fourth-order valence-corrected chi connectivity index (χ4v) is 4.41. The molecule has 1 aromatic carbocycles. The Labute approximate surface area is 175 Å². The number of benzene rings is 1. The number of rotatable bonds is 3. The van der Waals surface area contributed by atoms with Gasteiger partial charge in [-0.3, -0.25) is 9.59 Å². The van der Waals surface area contributed by atoms with Crippen LogP contribution in [0.2, 0.25) is 0 Å². The van der Waals surface area contributed by atoms with Crippen LogP contribution in [0.1, 0.15) is 39.9 Å². The molecule has 7 nitrogen and oxygen atoms in total. The number of nitrogens with one attached hydrogen (secondary N) is 3. The van der Waals surface area contributed by atoms with Crippen LogP contribution in [-0.4, -0.2) is 48.4 Å². The van der Waals surface area contributed by atoms with E-state index in [2.05, 4.69) is 45.0 Å². The Morgan fingerprint density at radius 3 is 2.77 bits per heavy atom. The molecular formula is C23H25N5O2. The van der Waals surface area contributed by atoms with E-state index < -0.39 is 0 Å². The number of fused-ring (bicyclic) bond motifs is 2. The smallest absolute Gasteiger partial charge is 0.251 e. The van der Waals surface area contributed by atoms with Crippen LogP contribution in [0.25, 0.3) is 5.57 Å². The normalized spacial score (nSPS) is 18.7. The summed E-state index contributed by atoms with van der Waals surface area (Å²) < 4.78 is 0. The summed E-state index contributed by atoms with van der Waals surface area (Å²) in [4.78, 5) is 31.4. The Morgan fingerprint density at radius 1 is 1.13 bits per heavy atom. The van der Waals surface area contributed by atoms with Crippen molar-refractivity contribution in [3.8, 4) is 0 Å². The maximum Gasteiger partial charge on any atom is 0.251 e. The molecule has 154 valence electrons. The highest BCUT2D eigenvalue weighted by molar-refractivity contribution is 5.99. The van der Waals surface area contributed by atoms with Crippen LogP contribution in [0.15, 0.2) is 36.4 Å². The number of likely N-dealkylation sites (tertiary alicyclic amines) is 1. The van der Waals surface area contributed by atoms with Crippen molar-refractivity contribution in [2.45, 2.75) is 19.4 Å². The molecule has 2 aromatic rings. The Hall–Kier alpha value is -3.19. The Kier molecular flexibility index (Phi) is 4.75. The topological polar surface area (TPSA) is 86.4 Å². The third kappa shape index (κ3) is 3.45. The van der Waals surface area contributed by atoms with Crippen LogP contribution >= 0.6 is 0 Å². The van der Waals surface area contributed by atoms with Crippen LogP contribution < -0.4 is 16.0 Å². The number of nitrogens with zero attached hydrogens (tertiary/aromatic N) is 2. The molecule has 5 rings (SSSR count). The molecule has 1 fully saturated rings. The minimum Gasteiger partial charge on any atom is -0.366 e. The molecule has 2 amide bonds. The number of hydrogen-bond donors (Lipinski definition) is 3. The van der Waals surface area contributed by atoms with Gasteiger partial charge in [-0.1, -0.05) is 12.1 Å². The van der Waals surface area contributed by atoms with Gasteiger partial charge in [0.05, 0.1) is 0 Å². The SMILES string of the molecule is CN1CCC(C(=O)Nc2ccc3c(n2)NCC=C3c2ccc3c(c2)CNC3=O)CC1. The van der Waals surface area contributed by atoms with E-state index in [0.717, 1.165) is 59.6 Å². The lowest BCUT2D eigenvalue weighted by atomic mass is 9.93. The molecule has 1 saturated heterocycles. The predicted octanol–water partition coefficient (Wildman–Crippen LogP) is 2.46. The molecule has 0 saturated carbocycles. The lowest BCUT2D eigenvalue weighted by Gasteiger charge is -2.28. The Morgan fingerprint density at radius 2 is 1.93 bits per heavy atom. The molecule has 3 N–H and O–H groups in total. The molecule has 0 aliphatic carbocycles. The van der Waals surface area contributed by atoms with Crippen molar-refractivity contribution in [1.82, 2.24) is 15.2 Å². The van der Waals surface area contributed by atoms with E-state index in [4.69, 9.17) is 0 Å². The third-order valence-electron chi connectivity index (χ3n) is 6.20. The summed E-state index contributed by atoms with van der Waals surface area (Å²) >= 11 is 0. The molecular weight excluding hydrogens is 378 g/mol. The van der Waals surface area contributed by atoms with Crippen molar-refractivity contribution >= 4 is 29.0 Å². The van der Waals surface area contributed by atoms with Crippen LogP contribution in [-0.2, 0) is 11.3 Å². The second-order valence-electron chi connectivity index (χ2n) is 8.21. The van der Waals surface area contributed by atoms with Crippen molar-refractivity contribution in [3.63, 3.8) is 0 Å². The molecule has 0 atom stereocenters. The standard InChI is InChI=1S/C23H25N5O2/c1-28-10-7-14(8-11-28)22(29)27-20-5-4-19-17(6-9-24-21(19)26-20)15-2-3-18-16(12-15)13-25-23(18)30/h2-6,12,14H,7-11,13H2,1H3,(H,25,30)(H2,24,26,27,29). The zero-order valence-corrected chi connectivity index (χ0v) is 17.0. The second kappa shape index (κ2) is 7.57. The van der Waals surface area contributed by atoms with Gasteiger partial charge in [-0.2, -0.15) is 0 Å². The molecule has 7 heteroatoms. The fourth-order valence-electron chi connectivity index (χ4n) is 4.41. The monoisotopic (exact) mass is 403 g/mol. The first-order chi connectivity index (χ1) is 14.6. The predicted molar refractivity (Wildman–Crippen MR) is 116 cm³/mol. The first kappa shape index (κ1) is 18.8. The number of anilines is 2. The van der Waals surface area contributed by atoms with Crippen molar-refractivity contribution in [3.05, 3.63) is 58.7 Å². The highest BCUT2D eigenvalue weighted by Crippen LogP contribution is 2.34. The van der Waals surface area contributed by atoms with Gasteiger partial charge in [-0.05, 0) is 73.9 Å². The van der Waals surface area contributed by atoms with Crippen molar-refractivity contribution in [2.75, 3.05) is 37.3 Å². The zero-order chi connectivity index (χ0) is 20.7. The van der Waals surface area contributed by atoms with Gasteiger partial charge in [0.2, 0.25) is 5.91 Å². The molecule has 3 aliphatic rings. The number of carbonyl (C=O) groups is 2. The molecule has 0 radical (unpaired) electrons. The Bertz CT molecular complexity index is 1050. The molecule has 4 heterocycles. The highest BCUT2D eigenvalue weighted by Gasteiger charge is 2.25. The van der Waals surface area contributed by atoms with Crippen molar-refractivity contribution < 1.29 is 9.59 Å². The lowest BCUT2D eigenvalue weighted by Crippen LogP contribution is -2.36. The fraction of sp³-hybridized carbons (Fsp3) is 0.348. The van der Waals surface area contributed by atoms with Gasteiger partial charge in [-0.15, -0.1) is 0 Å². The maximum atomic E-state index is 12.6. The highest BCUT2D eigenvalue weighted by atomic mass is 16.2. The molecule has 0 unspecified atom stereocenters. The maximum absolute atomic E-state index is 12.6. The van der Waals surface area contributed by atoms with E-state index in [-0.39, 0.29) is 17.7 Å². The van der Waals surface area contributed by atoms with Crippen LogP contribution in [0.5, 0.6) is 0 Å².